The molecule has 0 saturated carbocycles. The molecule has 0 rings (SSSR count). The van der Waals surface area contributed by atoms with Gasteiger partial charge in [-0.25, -0.2) is 4.79 Å². The molecule has 0 fully saturated rings. The molecule has 20 heavy (non-hydrogen) atoms. The van der Waals surface area contributed by atoms with Crippen molar-refractivity contribution in [3.63, 3.8) is 0 Å². The molecule has 0 aliphatic carbocycles. The third-order valence-corrected chi connectivity index (χ3v) is 2.80. The Balaban J connectivity index is 4.37. The van der Waals surface area contributed by atoms with Crippen molar-refractivity contribution in [2.24, 2.45) is 5.92 Å². The minimum atomic E-state index is -0.678. The van der Waals surface area contributed by atoms with Gasteiger partial charge in [0.25, 0.3) is 0 Å². The fourth-order valence-corrected chi connectivity index (χ4v) is 1.33. The molecule has 0 amide bonds. The van der Waals surface area contributed by atoms with Gasteiger partial charge in [-0.3, -0.25) is 0 Å². The average Bonchev–Trinajstić information content (AvgIpc) is 2.32. The Morgan fingerprint density at radius 3 is 2.20 bits per heavy atom. The summed E-state index contributed by atoms with van der Waals surface area (Å²) in [6, 6.07) is 0. The minimum absolute atomic E-state index is 0.396. The second-order valence-corrected chi connectivity index (χ2v) is 5.98. The first-order chi connectivity index (χ1) is 9.06. The summed E-state index contributed by atoms with van der Waals surface area (Å²) in [4.78, 5) is 11.8. The molecule has 2 atom stereocenters. The zero-order chi connectivity index (χ0) is 15.9. The van der Waals surface area contributed by atoms with Crippen LogP contribution in [0.2, 0.25) is 0 Å². The predicted octanol–water partition coefficient (Wildman–Crippen LogP) is 4.41. The third-order valence-electron chi connectivity index (χ3n) is 2.80. The third kappa shape index (κ3) is 7.82. The monoisotopic (exact) mass is 280 g/mol. The van der Waals surface area contributed by atoms with Crippen LogP contribution in [0.25, 0.3) is 0 Å². The van der Waals surface area contributed by atoms with Gasteiger partial charge in [0.2, 0.25) is 0 Å². The minimum Gasteiger partial charge on any atom is -0.480 e. The summed E-state index contributed by atoms with van der Waals surface area (Å²) in [5.74, 6) is 0.447. The lowest BCUT2D eigenvalue weighted by atomic mass is 10.00. The first-order valence-corrected chi connectivity index (χ1v) is 7.02. The van der Waals surface area contributed by atoms with Gasteiger partial charge in [0.05, 0.1) is 0 Å². The van der Waals surface area contributed by atoms with Crippen LogP contribution in [0.4, 0.5) is 0 Å². The van der Waals surface area contributed by atoms with Gasteiger partial charge in [0, 0.05) is 0 Å². The summed E-state index contributed by atoms with van der Waals surface area (Å²) in [7, 11) is 0. The Morgan fingerprint density at radius 2 is 1.75 bits per heavy atom. The number of esters is 1. The largest absolute Gasteiger partial charge is 0.480 e. The number of rotatable bonds is 7. The molecule has 0 N–H and O–H groups in total. The number of carbonyl (C=O) groups is 1. The van der Waals surface area contributed by atoms with Crippen molar-refractivity contribution < 1.29 is 14.3 Å². The summed E-state index contributed by atoms with van der Waals surface area (Å²) < 4.78 is 10.7. The van der Waals surface area contributed by atoms with E-state index in [9.17, 15) is 4.79 Å². The maximum absolute atomic E-state index is 11.8. The first kappa shape index (κ1) is 18.5. The smallest absolute Gasteiger partial charge is 0.347 e. The molecule has 0 aromatic heterocycles. The molecule has 0 aliphatic rings. The van der Waals surface area contributed by atoms with Gasteiger partial charge in [-0.05, 0) is 46.1 Å². The normalized spacial score (nSPS) is 14.7. The summed E-state index contributed by atoms with van der Waals surface area (Å²) in [5, 5.41) is 0. The molecule has 3 nitrogen and oxygen atoms in total. The van der Waals surface area contributed by atoms with Crippen LogP contribution >= 0.6 is 0 Å². The van der Waals surface area contributed by atoms with E-state index in [1.807, 2.05) is 26.8 Å². The molecule has 0 saturated heterocycles. The quantitative estimate of drug-likeness (QED) is 0.394. The summed E-state index contributed by atoms with van der Waals surface area (Å²) in [6.07, 6.45) is 3.96. The standard InChI is InChI=1S/C17H28O3/c1-9-12(2)13(3)10-11-14(4)19-15(5)16(18)20-17(6,7)8/h10-12,15H,3-4,9H2,1-2,5-8H3. The molecule has 0 aromatic rings. The molecular weight excluding hydrogens is 252 g/mol. The van der Waals surface area contributed by atoms with E-state index in [0.29, 0.717) is 11.7 Å². The molecule has 2 unspecified atom stereocenters. The van der Waals surface area contributed by atoms with E-state index in [1.165, 1.54) is 0 Å². The Morgan fingerprint density at radius 1 is 1.20 bits per heavy atom. The lowest BCUT2D eigenvalue weighted by molar-refractivity contribution is -0.164. The maximum atomic E-state index is 11.8. The van der Waals surface area contributed by atoms with E-state index >= 15 is 0 Å². The van der Waals surface area contributed by atoms with E-state index in [1.54, 1.807) is 13.0 Å². The summed E-state index contributed by atoms with van der Waals surface area (Å²) in [6.45, 7) is 19.1. The van der Waals surface area contributed by atoms with Crippen molar-refractivity contribution in [3.8, 4) is 0 Å². The number of ether oxygens (including phenoxy) is 2. The van der Waals surface area contributed by atoms with Gasteiger partial charge in [-0.15, -0.1) is 0 Å². The van der Waals surface area contributed by atoms with E-state index in [0.717, 1.165) is 12.0 Å². The van der Waals surface area contributed by atoms with E-state index in [-0.39, 0.29) is 0 Å². The van der Waals surface area contributed by atoms with E-state index < -0.39 is 17.7 Å². The SMILES string of the molecule is C=C(C=CC(=C)C(C)CC)OC(C)C(=O)OC(C)(C)C. The van der Waals surface area contributed by atoms with Crippen LogP contribution < -0.4 is 0 Å². The average molecular weight is 280 g/mol. The van der Waals surface area contributed by atoms with Crippen LogP contribution in [-0.4, -0.2) is 17.7 Å². The second kappa shape index (κ2) is 7.93. The maximum Gasteiger partial charge on any atom is 0.347 e. The lowest BCUT2D eigenvalue weighted by Crippen LogP contribution is -2.31. The molecule has 114 valence electrons. The Labute approximate surface area is 123 Å². The van der Waals surface area contributed by atoms with Gasteiger partial charge in [0.1, 0.15) is 11.4 Å². The predicted molar refractivity (Wildman–Crippen MR) is 83.3 cm³/mol. The van der Waals surface area contributed by atoms with Crippen LogP contribution in [0, 0.1) is 5.92 Å². The molecule has 3 heteroatoms. The van der Waals surface area contributed by atoms with Crippen LogP contribution in [0.3, 0.4) is 0 Å². The Bertz CT molecular complexity index is 386. The van der Waals surface area contributed by atoms with Gasteiger partial charge in [0.15, 0.2) is 6.10 Å². The van der Waals surface area contributed by atoms with Crippen LogP contribution in [-0.2, 0) is 14.3 Å². The van der Waals surface area contributed by atoms with Crippen molar-refractivity contribution in [1.82, 2.24) is 0 Å². The van der Waals surface area contributed by atoms with E-state index in [4.69, 9.17) is 9.47 Å². The zero-order valence-electron chi connectivity index (χ0n) is 13.7. The number of hydrogen-bond donors (Lipinski definition) is 0. The number of allylic oxidation sites excluding steroid dienone is 3. The topological polar surface area (TPSA) is 35.5 Å². The molecule has 0 bridgehead atoms. The molecule has 0 spiro atoms. The highest BCUT2D eigenvalue weighted by atomic mass is 16.6. The van der Waals surface area contributed by atoms with Crippen molar-refractivity contribution in [3.05, 3.63) is 36.6 Å². The van der Waals surface area contributed by atoms with Crippen molar-refractivity contribution >= 4 is 5.97 Å². The van der Waals surface area contributed by atoms with Crippen LogP contribution in [0.15, 0.2) is 36.6 Å². The Hall–Kier alpha value is -1.51. The molecule has 0 radical (unpaired) electrons. The second-order valence-electron chi connectivity index (χ2n) is 5.98. The van der Waals surface area contributed by atoms with Gasteiger partial charge >= 0.3 is 5.97 Å². The highest BCUT2D eigenvalue weighted by molar-refractivity contribution is 5.74. The fraction of sp³-hybridized carbons (Fsp3) is 0.588. The van der Waals surface area contributed by atoms with Crippen LogP contribution in [0.5, 0.6) is 0 Å². The van der Waals surface area contributed by atoms with Crippen molar-refractivity contribution in [1.29, 1.82) is 0 Å². The fourth-order valence-electron chi connectivity index (χ4n) is 1.33. The highest BCUT2D eigenvalue weighted by Crippen LogP contribution is 2.15. The number of hydrogen-bond acceptors (Lipinski definition) is 3. The van der Waals surface area contributed by atoms with Crippen molar-refractivity contribution in [2.45, 2.75) is 59.7 Å². The summed E-state index contributed by atoms with van der Waals surface area (Å²) in [5.41, 5.74) is 0.499. The molecule has 0 aromatic carbocycles. The van der Waals surface area contributed by atoms with E-state index in [2.05, 4.69) is 27.0 Å². The highest BCUT2D eigenvalue weighted by Gasteiger charge is 2.22. The molecule has 0 aliphatic heterocycles. The number of carbonyl (C=O) groups excluding carboxylic acids is 1. The first-order valence-electron chi connectivity index (χ1n) is 7.02. The van der Waals surface area contributed by atoms with Gasteiger partial charge in [-0.2, -0.15) is 0 Å². The van der Waals surface area contributed by atoms with Gasteiger partial charge in [-0.1, -0.05) is 38.7 Å². The van der Waals surface area contributed by atoms with Crippen molar-refractivity contribution in [2.75, 3.05) is 0 Å². The lowest BCUT2D eigenvalue weighted by Gasteiger charge is -2.22. The summed E-state index contributed by atoms with van der Waals surface area (Å²) >= 11 is 0. The molecule has 0 heterocycles. The van der Waals surface area contributed by atoms with Gasteiger partial charge < -0.3 is 9.47 Å². The Kier molecular flexibility index (Phi) is 7.33. The van der Waals surface area contributed by atoms with Crippen LogP contribution in [0.1, 0.15) is 48.0 Å². The zero-order valence-corrected chi connectivity index (χ0v) is 13.7. The molecular formula is C17H28O3.